The van der Waals surface area contributed by atoms with E-state index < -0.39 is 8.27 Å². The second-order valence-electron chi connectivity index (χ2n) is 1.29. The molecule has 0 N–H and O–H groups in total. The van der Waals surface area contributed by atoms with Crippen molar-refractivity contribution in [3.05, 3.63) is 0 Å². The van der Waals surface area contributed by atoms with Crippen LogP contribution in [0.25, 0.3) is 0 Å². The topological polar surface area (TPSA) is 34.1 Å². The molecule has 0 amide bonds. The lowest BCUT2D eigenvalue weighted by Gasteiger charge is -1.88. The van der Waals surface area contributed by atoms with Crippen LogP contribution in [0.2, 0.25) is 0 Å². The van der Waals surface area contributed by atoms with Crippen molar-refractivity contribution >= 4 is 34.7 Å². The fraction of sp³-hybridized carbons (Fsp3) is 1.00. The minimum Gasteiger partial charge on any atom is -0.217 e. The van der Waals surface area contributed by atoms with E-state index in [9.17, 15) is 8.42 Å². The maximum Gasteiger partial charge on any atom is 0.209 e. The molecule has 0 aromatic heterocycles. The molecule has 0 aliphatic heterocycles. The third-order valence-electron chi connectivity index (χ3n) is 0.522. The zero-order chi connectivity index (χ0) is 6.62. The Hall–Kier alpha value is 0.720. The van der Waals surface area contributed by atoms with Gasteiger partial charge in [-0.2, -0.15) is 0 Å². The SMILES string of the molecule is O=S(=O)(Br)CCCCl. The zero-order valence-electron chi connectivity index (χ0n) is 4.10. The first kappa shape index (κ1) is 8.72. The summed E-state index contributed by atoms with van der Waals surface area (Å²) < 4.78 is 20.5. The van der Waals surface area contributed by atoms with Crippen molar-refractivity contribution < 1.29 is 8.42 Å². The van der Waals surface area contributed by atoms with Crippen LogP contribution in [-0.2, 0) is 8.27 Å². The fourth-order valence-electron chi connectivity index (χ4n) is 0.227. The Kier molecular flexibility index (Phi) is 4.02. The highest BCUT2D eigenvalue weighted by molar-refractivity contribution is 9.47. The van der Waals surface area contributed by atoms with Crippen molar-refractivity contribution in [2.24, 2.45) is 0 Å². The van der Waals surface area contributed by atoms with Gasteiger partial charge in [-0.3, -0.25) is 0 Å². The lowest BCUT2D eigenvalue weighted by Crippen LogP contribution is -1.95. The molecule has 8 heavy (non-hydrogen) atoms. The van der Waals surface area contributed by atoms with E-state index in [1.54, 1.807) is 0 Å². The summed E-state index contributed by atoms with van der Waals surface area (Å²) in [6.07, 6.45) is 0.509. The number of hydrogen-bond acceptors (Lipinski definition) is 2. The Labute approximate surface area is 61.3 Å². The molecule has 0 aliphatic carbocycles. The third-order valence-corrected chi connectivity index (χ3v) is 2.54. The van der Waals surface area contributed by atoms with Gasteiger partial charge >= 0.3 is 0 Å². The molecule has 50 valence electrons. The molecule has 0 fully saturated rings. The van der Waals surface area contributed by atoms with Crippen LogP contribution in [0.1, 0.15) is 6.42 Å². The van der Waals surface area contributed by atoms with Gasteiger partial charge in [0, 0.05) is 5.88 Å². The van der Waals surface area contributed by atoms with Crippen molar-refractivity contribution in [2.75, 3.05) is 11.6 Å². The Bertz CT molecular complexity index is 141. The number of hydrogen-bond donors (Lipinski definition) is 0. The van der Waals surface area contributed by atoms with E-state index in [1.165, 1.54) is 0 Å². The second kappa shape index (κ2) is 3.69. The van der Waals surface area contributed by atoms with Crippen molar-refractivity contribution in [2.45, 2.75) is 6.42 Å². The Balaban J connectivity index is 3.42. The Morgan fingerprint density at radius 2 is 2.00 bits per heavy atom. The molecule has 5 heteroatoms. The van der Waals surface area contributed by atoms with Crippen LogP contribution in [0.5, 0.6) is 0 Å². The molecule has 0 bridgehead atoms. The van der Waals surface area contributed by atoms with Gasteiger partial charge < -0.3 is 0 Å². The fourth-order valence-corrected chi connectivity index (χ4v) is 1.69. The quantitative estimate of drug-likeness (QED) is 0.532. The van der Waals surface area contributed by atoms with Crippen molar-refractivity contribution in [3.8, 4) is 0 Å². The van der Waals surface area contributed by atoms with Crippen molar-refractivity contribution in [3.63, 3.8) is 0 Å². The number of alkyl halides is 1. The smallest absolute Gasteiger partial charge is 0.209 e. The highest BCUT2D eigenvalue weighted by Crippen LogP contribution is 2.02. The number of rotatable bonds is 3. The molecular weight excluding hydrogens is 215 g/mol. The summed E-state index contributed by atoms with van der Waals surface area (Å²) in [6.45, 7) is 0. The molecular formula is C3H6BrClO2S. The van der Waals surface area contributed by atoms with Crippen LogP contribution >= 0.6 is 26.4 Å². The Morgan fingerprint density at radius 3 is 2.12 bits per heavy atom. The maximum absolute atomic E-state index is 10.2. The van der Waals surface area contributed by atoms with Crippen LogP contribution in [0.15, 0.2) is 0 Å². The molecule has 0 aromatic rings. The van der Waals surface area contributed by atoms with Gasteiger partial charge in [0.2, 0.25) is 8.27 Å². The van der Waals surface area contributed by atoms with Gasteiger partial charge in [-0.1, -0.05) is 0 Å². The first-order chi connectivity index (χ1) is 3.56. The second-order valence-corrected chi connectivity index (χ2v) is 6.11. The summed E-state index contributed by atoms with van der Waals surface area (Å²) in [5.74, 6) is 0.515. The lowest BCUT2D eigenvalue weighted by molar-refractivity contribution is 0.610. The van der Waals surface area contributed by atoms with Crippen molar-refractivity contribution in [1.29, 1.82) is 0 Å². The first-order valence-electron chi connectivity index (χ1n) is 2.04. The first-order valence-corrected chi connectivity index (χ1v) is 6.07. The van der Waals surface area contributed by atoms with Crippen molar-refractivity contribution in [1.82, 2.24) is 0 Å². The van der Waals surface area contributed by atoms with Gasteiger partial charge in [0.05, 0.1) is 20.6 Å². The average Bonchev–Trinajstić information content (AvgIpc) is 1.59. The number of halogens is 2. The molecule has 0 atom stereocenters. The largest absolute Gasteiger partial charge is 0.217 e. The summed E-state index contributed by atoms with van der Waals surface area (Å²) >= 11 is 7.72. The summed E-state index contributed by atoms with van der Waals surface area (Å²) in [4.78, 5) is 0. The average molecular weight is 222 g/mol. The van der Waals surface area contributed by atoms with Gasteiger partial charge in [0.15, 0.2) is 0 Å². The normalized spacial score (nSPS) is 11.8. The maximum atomic E-state index is 10.2. The van der Waals surface area contributed by atoms with Crippen LogP contribution in [0.3, 0.4) is 0 Å². The summed E-state index contributed by atoms with van der Waals surface area (Å²) in [5.41, 5.74) is 0. The van der Waals surface area contributed by atoms with Gasteiger partial charge in [0.1, 0.15) is 0 Å². The van der Waals surface area contributed by atoms with E-state index in [0.29, 0.717) is 12.3 Å². The predicted octanol–water partition coefficient (Wildman–Crippen LogP) is 1.34. The molecule has 0 radical (unpaired) electrons. The van der Waals surface area contributed by atoms with Crippen LogP contribution in [0, 0.1) is 0 Å². The minimum atomic E-state index is -2.96. The molecule has 0 unspecified atom stereocenters. The van der Waals surface area contributed by atoms with E-state index >= 15 is 0 Å². The van der Waals surface area contributed by atoms with E-state index in [4.69, 9.17) is 11.6 Å². The highest BCUT2D eigenvalue weighted by atomic mass is 79.9. The summed E-state index contributed by atoms with van der Waals surface area (Å²) in [5, 5.41) is 0. The van der Waals surface area contributed by atoms with Crippen LogP contribution in [-0.4, -0.2) is 20.1 Å². The van der Waals surface area contributed by atoms with E-state index in [-0.39, 0.29) is 5.75 Å². The van der Waals surface area contributed by atoms with Crippen LogP contribution < -0.4 is 0 Å². The molecule has 0 aromatic carbocycles. The molecule has 0 aliphatic rings. The highest BCUT2D eigenvalue weighted by Gasteiger charge is 2.01. The summed E-state index contributed by atoms with van der Waals surface area (Å²) in [6, 6.07) is 0. The molecule has 0 saturated heterocycles. The van der Waals surface area contributed by atoms with Gasteiger partial charge in [0.25, 0.3) is 0 Å². The predicted molar refractivity (Wildman–Crippen MR) is 38.1 cm³/mol. The molecule has 0 saturated carbocycles. The van der Waals surface area contributed by atoms with Gasteiger partial charge in [-0.25, -0.2) is 8.42 Å². The molecule has 2 nitrogen and oxygen atoms in total. The third kappa shape index (κ3) is 6.72. The standard InChI is InChI=1S/C3H6BrClO2S/c4-8(6,7)3-1-2-5/h1-3H2. The molecule has 0 heterocycles. The van der Waals surface area contributed by atoms with E-state index in [2.05, 4.69) is 14.8 Å². The van der Waals surface area contributed by atoms with Gasteiger partial charge in [-0.05, 0) is 6.42 Å². The Morgan fingerprint density at radius 1 is 1.50 bits per heavy atom. The van der Waals surface area contributed by atoms with Crippen LogP contribution in [0.4, 0.5) is 0 Å². The minimum absolute atomic E-state index is 0.122. The van der Waals surface area contributed by atoms with E-state index in [0.717, 1.165) is 0 Å². The van der Waals surface area contributed by atoms with Gasteiger partial charge in [-0.15, -0.1) is 11.6 Å². The molecule has 0 rings (SSSR count). The summed E-state index contributed by atoms with van der Waals surface area (Å²) in [7, 11) is -2.96. The molecule has 0 spiro atoms. The zero-order valence-corrected chi connectivity index (χ0v) is 7.26. The monoisotopic (exact) mass is 220 g/mol. The lowest BCUT2D eigenvalue weighted by atomic mass is 10.6. The van der Waals surface area contributed by atoms with E-state index in [1.807, 2.05) is 0 Å².